The number of amides is 2. The highest BCUT2D eigenvalue weighted by molar-refractivity contribution is 7.89. The fourth-order valence-corrected chi connectivity index (χ4v) is 5.66. The van der Waals surface area contributed by atoms with Gasteiger partial charge in [-0.1, -0.05) is 18.0 Å². The van der Waals surface area contributed by atoms with Crippen LogP contribution < -0.4 is 4.72 Å². The number of hydrogen-bond acceptors (Lipinski definition) is 6. The summed E-state index contributed by atoms with van der Waals surface area (Å²) in [5.41, 5.74) is 0.294. The van der Waals surface area contributed by atoms with E-state index in [0.717, 1.165) is 25.9 Å². The van der Waals surface area contributed by atoms with Crippen molar-refractivity contribution in [2.75, 3.05) is 32.7 Å². The normalized spacial score (nSPS) is 19.0. The molecule has 0 atom stereocenters. The Morgan fingerprint density at radius 1 is 1.03 bits per heavy atom. The molecule has 3 heterocycles. The average molecular weight is 441 g/mol. The highest BCUT2D eigenvalue weighted by Crippen LogP contribution is 2.22. The van der Waals surface area contributed by atoms with Gasteiger partial charge in [-0.05, 0) is 39.5 Å². The summed E-state index contributed by atoms with van der Waals surface area (Å²) < 4.78 is 32.2. The predicted octanol–water partition coefficient (Wildman–Crippen LogP) is 1.60. The van der Waals surface area contributed by atoms with Gasteiger partial charge in [0.15, 0.2) is 5.76 Å². The molecule has 2 aliphatic rings. The van der Waals surface area contributed by atoms with Gasteiger partial charge in [-0.25, -0.2) is 13.1 Å². The van der Waals surface area contributed by atoms with Crippen molar-refractivity contribution in [1.29, 1.82) is 0 Å². The molecule has 0 aliphatic carbocycles. The van der Waals surface area contributed by atoms with E-state index < -0.39 is 10.0 Å². The van der Waals surface area contributed by atoms with Crippen LogP contribution in [0.3, 0.4) is 0 Å². The minimum atomic E-state index is -3.77. The van der Waals surface area contributed by atoms with Gasteiger partial charge in [-0.2, -0.15) is 0 Å². The molecule has 0 saturated carbocycles. The van der Waals surface area contributed by atoms with Crippen LogP contribution in [0.5, 0.6) is 0 Å². The Hall–Kier alpha value is -1.94. The number of sulfonamides is 1. The topological polar surface area (TPSA) is 113 Å². The number of piperidine rings is 1. The van der Waals surface area contributed by atoms with Crippen LogP contribution in [0, 0.1) is 19.8 Å². The number of nitrogens with zero attached hydrogens (tertiary/aromatic N) is 3. The quantitative estimate of drug-likeness (QED) is 0.719. The molecule has 0 radical (unpaired) electrons. The third kappa shape index (κ3) is 5.40. The molecule has 0 spiro atoms. The van der Waals surface area contributed by atoms with Crippen molar-refractivity contribution in [2.45, 2.75) is 63.7 Å². The highest BCUT2D eigenvalue weighted by atomic mass is 32.2. The van der Waals surface area contributed by atoms with Gasteiger partial charge in [-0.3, -0.25) is 9.59 Å². The molecule has 30 heavy (non-hydrogen) atoms. The minimum Gasteiger partial charge on any atom is -0.360 e. The fourth-order valence-electron chi connectivity index (χ4n) is 4.31. The van der Waals surface area contributed by atoms with Gasteiger partial charge in [0.2, 0.25) is 21.8 Å². The van der Waals surface area contributed by atoms with Crippen molar-refractivity contribution >= 4 is 21.8 Å². The standard InChI is InChI=1S/C20H32N4O5S/c1-15-19(16(2)29-22-15)30(27,28)21-10-7-18(25)23-13-8-17(9-14-23)20(26)24-11-5-3-4-6-12-24/h17,21H,3-14H2,1-2H3. The smallest absolute Gasteiger partial charge is 0.245 e. The molecule has 10 heteroatoms. The van der Waals surface area contributed by atoms with Gasteiger partial charge in [0.25, 0.3) is 0 Å². The zero-order valence-corrected chi connectivity index (χ0v) is 18.7. The molecule has 2 aliphatic heterocycles. The zero-order chi connectivity index (χ0) is 21.7. The first-order valence-corrected chi connectivity index (χ1v) is 12.3. The molecule has 9 nitrogen and oxygen atoms in total. The predicted molar refractivity (Wildman–Crippen MR) is 110 cm³/mol. The maximum absolute atomic E-state index is 12.8. The summed E-state index contributed by atoms with van der Waals surface area (Å²) in [4.78, 5) is 29.0. The van der Waals surface area contributed by atoms with E-state index in [4.69, 9.17) is 4.52 Å². The lowest BCUT2D eigenvalue weighted by Crippen LogP contribution is -2.45. The Morgan fingerprint density at radius 3 is 2.23 bits per heavy atom. The summed E-state index contributed by atoms with van der Waals surface area (Å²) in [5.74, 6) is 0.348. The van der Waals surface area contributed by atoms with Gasteiger partial charge < -0.3 is 14.3 Å². The van der Waals surface area contributed by atoms with Crippen molar-refractivity contribution < 1.29 is 22.5 Å². The lowest BCUT2D eigenvalue weighted by molar-refractivity contribution is -0.140. The van der Waals surface area contributed by atoms with Crippen molar-refractivity contribution in [3.05, 3.63) is 11.5 Å². The summed E-state index contributed by atoms with van der Waals surface area (Å²) in [6, 6.07) is 0. The van der Waals surface area contributed by atoms with Crippen molar-refractivity contribution in [1.82, 2.24) is 19.7 Å². The molecule has 1 aromatic heterocycles. The molecule has 0 aromatic carbocycles. The number of aryl methyl sites for hydroxylation is 2. The zero-order valence-electron chi connectivity index (χ0n) is 17.9. The van der Waals surface area contributed by atoms with Crippen LogP contribution in [0.2, 0.25) is 0 Å². The van der Waals surface area contributed by atoms with E-state index >= 15 is 0 Å². The number of nitrogens with one attached hydrogen (secondary N) is 1. The van der Waals surface area contributed by atoms with Crippen molar-refractivity contribution in [2.24, 2.45) is 5.92 Å². The summed E-state index contributed by atoms with van der Waals surface area (Å²) >= 11 is 0. The van der Waals surface area contributed by atoms with Crippen LogP contribution in [0.1, 0.15) is 56.4 Å². The van der Waals surface area contributed by atoms with Crippen LogP contribution in [0.15, 0.2) is 9.42 Å². The second-order valence-corrected chi connectivity index (χ2v) is 9.90. The van der Waals surface area contributed by atoms with E-state index in [9.17, 15) is 18.0 Å². The number of carbonyl (C=O) groups is 2. The van der Waals surface area contributed by atoms with E-state index in [1.54, 1.807) is 11.8 Å². The Kier molecular flexibility index (Phi) is 7.51. The Balaban J connectivity index is 1.43. The van der Waals surface area contributed by atoms with E-state index in [1.165, 1.54) is 19.8 Å². The Morgan fingerprint density at radius 2 is 1.67 bits per heavy atom. The Bertz CT molecular complexity index is 831. The summed E-state index contributed by atoms with van der Waals surface area (Å²) in [6.07, 6.45) is 5.96. The maximum Gasteiger partial charge on any atom is 0.245 e. The van der Waals surface area contributed by atoms with Crippen molar-refractivity contribution in [3.8, 4) is 0 Å². The van der Waals surface area contributed by atoms with Crippen LogP contribution >= 0.6 is 0 Å². The van der Waals surface area contributed by atoms with Crippen LogP contribution in [0.25, 0.3) is 0 Å². The molecule has 3 rings (SSSR count). The summed E-state index contributed by atoms with van der Waals surface area (Å²) in [6.45, 7) is 5.90. The second-order valence-electron chi connectivity index (χ2n) is 8.20. The average Bonchev–Trinajstić information content (AvgIpc) is 2.92. The van der Waals surface area contributed by atoms with Crippen LogP contribution in [-0.2, 0) is 19.6 Å². The van der Waals surface area contributed by atoms with Gasteiger partial charge >= 0.3 is 0 Å². The third-order valence-electron chi connectivity index (χ3n) is 5.98. The monoisotopic (exact) mass is 440 g/mol. The number of aromatic nitrogens is 1. The van der Waals surface area contributed by atoms with Gasteiger partial charge in [-0.15, -0.1) is 0 Å². The van der Waals surface area contributed by atoms with Crippen molar-refractivity contribution in [3.63, 3.8) is 0 Å². The molecule has 1 N–H and O–H groups in total. The third-order valence-corrected chi connectivity index (χ3v) is 7.69. The maximum atomic E-state index is 12.8. The van der Waals surface area contributed by atoms with Gasteiger partial charge in [0.1, 0.15) is 10.6 Å². The van der Waals surface area contributed by atoms with E-state index in [0.29, 0.717) is 31.6 Å². The second kappa shape index (κ2) is 9.91. The van der Waals surface area contributed by atoms with E-state index in [-0.39, 0.29) is 41.4 Å². The molecule has 2 fully saturated rings. The molecule has 168 valence electrons. The molecule has 0 bridgehead atoms. The molecule has 1 aromatic rings. The molecule has 2 saturated heterocycles. The van der Waals surface area contributed by atoms with Gasteiger partial charge in [0, 0.05) is 45.1 Å². The Labute approximate surface area is 178 Å². The number of hydrogen-bond donors (Lipinski definition) is 1. The SMILES string of the molecule is Cc1noc(C)c1S(=O)(=O)NCCC(=O)N1CCC(C(=O)N2CCCCCC2)CC1. The molecule has 2 amide bonds. The first kappa shape index (κ1) is 22.7. The minimum absolute atomic E-state index is 0.00908. The first-order valence-electron chi connectivity index (χ1n) is 10.8. The fraction of sp³-hybridized carbons (Fsp3) is 0.750. The number of carbonyl (C=O) groups excluding carboxylic acids is 2. The lowest BCUT2D eigenvalue weighted by Gasteiger charge is -2.34. The molecular formula is C20H32N4O5S. The molecular weight excluding hydrogens is 408 g/mol. The highest BCUT2D eigenvalue weighted by Gasteiger charge is 2.30. The van der Waals surface area contributed by atoms with E-state index in [2.05, 4.69) is 9.88 Å². The van der Waals surface area contributed by atoms with Crippen LogP contribution in [-0.4, -0.2) is 67.9 Å². The largest absolute Gasteiger partial charge is 0.360 e. The lowest BCUT2D eigenvalue weighted by atomic mass is 9.95. The van der Waals surface area contributed by atoms with Crippen LogP contribution in [0.4, 0.5) is 0 Å². The summed E-state index contributed by atoms with van der Waals surface area (Å²) in [7, 11) is -3.77. The number of likely N-dealkylation sites (tertiary alicyclic amines) is 2. The van der Waals surface area contributed by atoms with E-state index in [1.807, 2.05) is 4.90 Å². The summed E-state index contributed by atoms with van der Waals surface area (Å²) in [5, 5.41) is 3.66. The first-order chi connectivity index (χ1) is 14.3. The van der Waals surface area contributed by atoms with Gasteiger partial charge in [0.05, 0.1) is 0 Å². The molecule has 0 unspecified atom stereocenters. The number of rotatable bonds is 6.